The van der Waals surface area contributed by atoms with Gasteiger partial charge in [0, 0.05) is 39.6 Å². The predicted octanol–water partition coefficient (Wildman–Crippen LogP) is 1.05. The molecule has 0 bridgehead atoms. The van der Waals surface area contributed by atoms with Crippen LogP contribution in [0.2, 0.25) is 0 Å². The molecule has 0 saturated carbocycles. The summed E-state index contributed by atoms with van der Waals surface area (Å²) in [6.45, 7) is 3.06. The van der Waals surface area contributed by atoms with Crippen LogP contribution < -0.4 is 16.4 Å². The van der Waals surface area contributed by atoms with Gasteiger partial charge in [0.15, 0.2) is 0 Å². The maximum absolute atomic E-state index is 10.5. The van der Waals surface area contributed by atoms with Crippen LogP contribution in [-0.2, 0) is 19.1 Å². The molecule has 4 N–H and O–H groups in total. The van der Waals surface area contributed by atoms with Crippen molar-refractivity contribution < 1.29 is 19.1 Å². The summed E-state index contributed by atoms with van der Waals surface area (Å²) in [5.74, 6) is -0.345. The third kappa shape index (κ3) is 32.6. The van der Waals surface area contributed by atoms with E-state index in [9.17, 15) is 14.4 Å². The molecular weight excluding hydrogens is 310 g/mol. The summed E-state index contributed by atoms with van der Waals surface area (Å²) < 4.78 is 4.25. The minimum absolute atomic E-state index is 0.00227. The van der Waals surface area contributed by atoms with Crippen LogP contribution in [0.25, 0.3) is 0 Å². The van der Waals surface area contributed by atoms with Gasteiger partial charge < -0.3 is 30.7 Å². The number of hydrogen-bond acceptors (Lipinski definition) is 6. The minimum atomic E-state index is -0.345. The second-order valence-corrected chi connectivity index (χ2v) is 5.26. The Hall–Kier alpha value is -1.31. The van der Waals surface area contributed by atoms with E-state index < -0.39 is 0 Å². The summed E-state index contributed by atoms with van der Waals surface area (Å²) in [6, 6.07) is 0.00227. The second-order valence-electron chi connectivity index (χ2n) is 5.26. The molecule has 1 amide bonds. The van der Waals surface area contributed by atoms with Crippen molar-refractivity contribution in [3.8, 4) is 0 Å². The number of hydrogen-bond donors (Lipinski definition) is 3. The highest BCUT2D eigenvalue weighted by Crippen LogP contribution is 2.02. The number of methoxy groups -OCH3 is 1. The van der Waals surface area contributed by atoms with Crippen molar-refractivity contribution in [1.29, 1.82) is 0 Å². The lowest BCUT2D eigenvalue weighted by molar-refractivity contribution is -0.118. The van der Waals surface area contributed by atoms with E-state index in [0.29, 0.717) is 13.1 Å². The lowest BCUT2D eigenvalue weighted by atomic mass is 10.1. The number of ether oxygens (including phenoxy) is 1. The van der Waals surface area contributed by atoms with E-state index in [0.717, 1.165) is 25.4 Å². The summed E-state index contributed by atoms with van der Waals surface area (Å²) in [5, 5.41) is 5.77. The van der Waals surface area contributed by atoms with Gasteiger partial charge in [0.25, 0.3) is 0 Å². The zero-order chi connectivity index (χ0) is 19.1. The SMILES string of the molecule is CCCCCCCC=O.CNC(CNCC=O)CC(N)=O.COC. The van der Waals surface area contributed by atoms with Gasteiger partial charge in [0.05, 0.1) is 6.54 Å². The Morgan fingerprint density at radius 2 is 1.71 bits per heavy atom. The van der Waals surface area contributed by atoms with Gasteiger partial charge in [-0.05, 0) is 13.5 Å². The maximum atomic E-state index is 10.5. The molecule has 0 spiro atoms. The number of nitrogens with one attached hydrogen (secondary N) is 2. The van der Waals surface area contributed by atoms with Crippen LogP contribution in [0.4, 0.5) is 0 Å². The van der Waals surface area contributed by atoms with Crippen LogP contribution in [0, 0.1) is 0 Å². The van der Waals surface area contributed by atoms with Crippen molar-refractivity contribution in [1.82, 2.24) is 10.6 Å². The van der Waals surface area contributed by atoms with Crippen LogP contribution >= 0.6 is 0 Å². The standard InChI is InChI=1S/C8H16O.C7H15N3O2.C2H6O/c1-2-3-4-5-6-7-8-9;1-9-6(4-7(8)12)5-10-2-3-11;1-3-2/h8H,2-7H2,1H3;3,6,9-10H,2,4-5H2,1H3,(H2,8,12);1-2H3. The monoisotopic (exact) mass is 347 g/mol. The lowest BCUT2D eigenvalue weighted by Crippen LogP contribution is -2.40. The molecule has 0 fully saturated rings. The molecule has 0 aliphatic rings. The van der Waals surface area contributed by atoms with E-state index >= 15 is 0 Å². The first-order valence-corrected chi connectivity index (χ1v) is 8.47. The Kier molecular flexibility index (Phi) is 30.5. The van der Waals surface area contributed by atoms with Gasteiger partial charge in [-0.25, -0.2) is 0 Å². The fourth-order valence-electron chi connectivity index (χ4n) is 1.67. The summed E-state index contributed by atoms with van der Waals surface area (Å²) in [6.07, 6.45) is 9.02. The molecule has 1 unspecified atom stereocenters. The smallest absolute Gasteiger partial charge is 0.219 e. The molecule has 0 saturated heterocycles. The predicted molar refractivity (Wildman–Crippen MR) is 98.0 cm³/mol. The van der Waals surface area contributed by atoms with Gasteiger partial charge in [-0.1, -0.05) is 32.6 Å². The summed E-state index contributed by atoms with van der Waals surface area (Å²) in [5.41, 5.74) is 5.00. The molecule has 24 heavy (non-hydrogen) atoms. The first kappa shape index (κ1) is 27.5. The zero-order valence-electron chi connectivity index (χ0n) is 15.8. The maximum Gasteiger partial charge on any atom is 0.219 e. The number of primary amides is 1. The third-order valence-corrected chi connectivity index (χ3v) is 2.90. The molecule has 7 heteroatoms. The summed E-state index contributed by atoms with van der Waals surface area (Å²) in [7, 11) is 5.00. The lowest BCUT2D eigenvalue weighted by Gasteiger charge is -2.13. The molecule has 7 nitrogen and oxygen atoms in total. The van der Waals surface area contributed by atoms with Crippen molar-refractivity contribution in [2.45, 2.75) is 57.9 Å². The normalized spacial score (nSPS) is 10.5. The average molecular weight is 348 g/mol. The number of aldehydes is 2. The van der Waals surface area contributed by atoms with Crippen LogP contribution in [-0.4, -0.2) is 58.9 Å². The molecule has 144 valence electrons. The topological polar surface area (TPSA) is 111 Å². The number of amides is 1. The number of likely N-dealkylation sites (N-methyl/N-ethyl adjacent to an activating group) is 1. The van der Waals surface area contributed by atoms with Gasteiger partial charge >= 0.3 is 0 Å². The number of carbonyl (C=O) groups is 3. The Labute approximate surface area is 147 Å². The molecule has 0 aromatic heterocycles. The average Bonchev–Trinajstić information content (AvgIpc) is 2.55. The molecule has 0 aromatic rings. The molecule has 0 aliphatic heterocycles. The van der Waals surface area contributed by atoms with E-state index in [4.69, 9.17) is 5.73 Å². The molecule has 0 rings (SSSR count). The number of unbranched alkanes of at least 4 members (excludes halogenated alkanes) is 5. The number of nitrogens with two attached hydrogens (primary N) is 1. The molecule has 1 atom stereocenters. The van der Waals surface area contributed by atoms with Gasteiger partial charge in [0.2, 0.25) is 5.91 Å². The molecule has 0 aliphatic carbocycles. The van der Waals surface area contributed by atoms with E-state index in [1.165, 1.54) is 25.7 Å². The minimum Gasteiger partial charge on any atom is -0.388 e. The first-order valence-electron chi connectivity index (χ1n) is 8.47. The van der Waals surface area contributed by atoms with E-state index in [1.54, 1.807) is 21.3 Å². The van der Waals surface area contributed by atoms with Crippen molar-refractivity contribution >= 4 is 18.5 Å². The van der Waals surface area contributed by atoms with E-state index in [2.05, 4.69) is 22.3 Å². The molecule has 0 heterocycles. The third-order valence-electron chi connectivity index (χ3n) is 2.90. The van der Waals surface area contributed by atoms with Gasteiger partial charge in [-0.2, -0.15) is 0 Å². The van der Waals surface area contributed by atoms with Crippen molar-refractivity contribution in [3.63, 3.8) is 0 Å². The van der Waals surface area contributed by atoms with Gasteiger partial charge in [-0.3, -0.25) is 4.79 Å². The Balaban J connectivity index is -0.000000324. The first-order chi connectivity index (χ1) is 11.5. The highest BCUT2D eigenvalue weighted by atomic mass is 16.4. The summed E-state index contributed by atoms with van der Waals surface area (Å²) in [4.78, 5) is 30.2. The second kappa shape index (κ2) is 26.6. The van der Waals surface area contributed by atoms with Crippen LogP contribution in [0.5, 0.6) is 0 Å². The van der Waals surface area contributed by atoms with Gasteiger partial charge in [0.1, 0.15) is 12.6 Å². The highest BCUT2D eigenvalue weighted by molar-refractivity contribution is 5.74. The highest BCUT2D eigenvalue weighted by Gasteiger charge is 2.07. The Bertz CT molecular complexity index is 277. The van der Waals surface area contributed by atoms with Crippen LogP contribution in [0.3, 0.4) is 0 Å². The number of rotatable bonds is 13. The van der Waals surface area contributed by atoms with Crippen LogP contribution in [0.1, 0.15) is 51.9 Å². The molecule has 0 aromatic carbocycles. The van der Waals surface area contributed by atoms with Gasteiger partial charge in [-0.15, -0.1) is 0 Å². The fraction of sp³-hybridized carbons (Fsp3) is 0.824. The Morgan fingerprint density at radius 1 is 1.12 bits per heavy atom. The van der Waals surface area contributed by atoms with Crippen molar-refractivity contribution in [2.24, 2.45) is 5.73 Å². The van der Waals surface area contributed by atoms with E-state index in [1.807, 2.05) is 0 Å². The summed E-state index contributed by atoms with van der Waals surface area (Å²) >= 11 is 0. The largest absolute Gasteiger partial charge is 0.388 e. The zero-order valence-corrected chi connectivity index (χ0v) is 15.8. The molecule has 0 radical (unpaired) electrons. The fourth-order valence-corrected chi connectivity index (χ4v) is 1.67. The number of carbonyl (C=O) groups excluding carboxylic acids is 3. The van der Waals surface area contributed by atoms with Crippen molar-refractivity contribution in [3.05, 3.63) is 0 Å². The van der Waals surface area contributed by atoms with Crippen molar-refractivity contribution in [2.75, 3.05) is 34.4 Å². The quantitative estimate of drug-likeness (QED) is 0.339. The van der Waals surface area contributed by atoms with Crippen LogP contribution in [0.15, 0.2) is 0 Å². The Morgan fingerprint density at radius 3 is 2.12 bits per heavy atom. The molecular formula is C17H37N3O4. The van der Waals surface area contributed by atoms with E-state index in [-0.39, 0.29) is 18.4 Å².